The highest BCUT2D eigenvalue weighted by atomic mass is 35.5. The maximum atomic E-state index is 13.4. The third-order valence-electron chi connectivity index (χ3n) is 4.19. The van der Waals surface area contributed by atoms with Crippen molar-refractivity contribution in [2.45, 2.75) is 23.7 Å². The van der Waals surface area contributed by atoms with Crippen LogP contribution in [0.3, 0.4) is 0 Å². The van der Waals surface area contributed by atoms with Crippen LogP contribution in [0.25, 0.3) is 0 Å². The molecule has 23 heavy (non-hydrogen) atoms. The van der Waals surface area contributed by atoms with Crippen molar-refractivity contribution in [1.82, 2.24) is 0 Å². The lowest BCUT2D eigenvalue weighted by Crippen LogP contribution is -2.23. The lowest BCUT2D eigenvalue weighted by atomic mass is 9.85. The number of carbonyl (C=O) groups is 1. The van der Waals surface area contributed by atoms with E-state index in [0.29, 0.717) is 16.3 Å². The van der Waals surface area contributed by atoms with Gasteiger partial charge >= 0.3 is 0 Å². The standard InChI is InChI=1S/C18H13ClFNOS/c19-12-3-1-10(2-4-12)11-7-15-18(16(22)8-11)23-17-9-13(20)5-6-14(17)21-15/h1-6,9,11,21H,7-8H2. The Kier molecular flexibility index (Phi) is 3.66. The maximum Gasteiger partial charge on any atom is 0.171 e. The number of rotatable bonds is 1. The molecule has 116 valence electrons. The number of Topliss-reactive ketones (excluding diaryl/α,β-unsaturated/α-hetero) is 1. The van der Waals surface area contributed by atoms with Crippen molar-refractivity contribution in [3.05, 3.63) is 69.5 Å². The van der Waals surface area contributed by atoms with E-state index in [1.54, 1.807) is 6.07 Å². The molecule has 1 N–H and O–H groups in total. The normalized spacial score (nSPS) is 19.9. The van der Waals surface area contributed by atoms with Gasteiger partial charge in [0, 0.05) is 22.0 Å². The molecule has 0 bridgehead atoms. The van der Waals surface area contributed by atoms with Crippen LogP contribution in [0.15, 0.2) is 58.0 Å². The van der Waals surface area contributed by atoms with Gasteiger partial charge in [0.15, 0.2) is 5.78 Å². The molecule has 1 atom stereocenters. The van der Waals surface area contributed by atoms with Gasteiger partial charge in [0.05, 0.1) is 10.6 Å². The first-order valence-corrected chi connectivity index (χ1v) is 8.56. The molecule has 1 aliphatic carbocycles. The minimum Gasteiger partial charge on any atom is -0.357 e. The number of benzene rings is 2. The van der Waals surface area contributed by atoms with Crippen LogP contribution in [0.2, 0.25) is 5.02 Å². The fourth-order valence-electron chi connectivity index (χ4n) is 3.05. The second kappa shape index (κ2) is 5.69. The Bertz CT molecular complexity index is 831. The number of nitrogens with one attached hydrogen (secondary N) is 1. The summed E-state index contributed by atoms with van der Waals surface area (Å²) in [5, 5.41) is 4.01. The topological polar surface area (TPSA) is 29.1 Å². The number of anilines is 1. The molecule has 1 unspecified atom stereocenters. The van der Waals surface area contributed by atoms with E-state index < -0.39 is 0 Å². The second-order valence-corrected chi connectivity index (χ2v) is 7.24. The van der Waals surface area contributed by atoms with Crippen LogP contribution in [-0.4, -0.2) is 5.78 Å². The number of ketones is 1. The van der Waals surface area contributed by atoms with Gasteiger partial charge in [0.25, 0.3) is 0 Å². The molecule has 2 nitrogen and oxygen atoms in total. The largest absolute Gasteiger partial charge is 0.357 e. The van der Waals surface area contributed by atoms with Crippen molar-refractivity contribution in [2.24, 2.45) is 0 Å². The fraction of sp³-hybridized carbons (Fsp3) is 0.167. The van der Waals surface area contributed by atoms with Crippen molar-refractivity contribution < 1.29 is 9.18 Å². The number of halogens is 2. The summed E-state index contributed by atoms with van der Waals surface area (Å²) in [5.41, 5.74) is 2.91. The molecule has 1 aliphatic heterocycles. The SMILES string of the molecule is O=C1CC(c2ccc(Cl)cc2)CC2=C1Sc1cc(F)ccc1N2. The van der Waals surface area contributed by atoms with Gasteiger partial charge in [-0.1, -0.05) is 35.5 Å². The van der Waals surface area contributed by atoms with Crippen LogP contribution in [0, 0.1) is 5.82 Å². The summed E-state index contributed by atoms with van der Waals surface area (Å²) >= 11 is 7.31. The summed E-state index contributed by atoms with van der Waals surface area (Å²) in [6.45, 7) is 0. The molecule has 0 fully saturated rings. The number of allylic oxidation sites excluding steroid dienone is 2. The molecule has 5 heteroatoms. The number of carbonyl (C=O) groups excluding carboxylic acids is 1. The Morgan fingerprint density at radius 1 is 1.13 bits per heavy atom. The predicted octanol–water partition coefficient (Wildman–Crippen LogP) is 5.36. The Morgan fingerprint density at radius 2 is 1.91 bits per heavy atom. The first-order valence-electron chi connectivity index (χ1n) is 7.36. The Balaban J connectivity index is 1.65. The molecule has 1 heterocycles. The molecule has 4 rings (SSSR count). The van der Waals surface area contributed by atoms with Crippen LogP contribution in [0.1, 0.15) is 24.3 Å². The van der Waals surface area contributed by atoms with E-state index in [1.165, 1.54) is 23.9 Å². The van der Waals surface area contributed by atoms with Gasteiger partial charge < -0.3 is 5.32 Å². The molecule has 0 radical (unpaired) electrons. The number of thioether (sulfide) groups is 1. The molecule has 0 spiro atoms. The van der Waals surface area contributed by atoms with Crippen LogP contribution in [0.5, 0.6) is 0 Å². The zero-order valence-electron chi connectivity index (χ0n) is 12.1. The first-order chi connectivity index (χ1) is 11.1. The van der Waals surface area contributed by atoms with Crippen LogP contribution in [-0.2, 0) is 4.79 Å². The summed E-state index contributed by atoms with van der Waals surface area (Å²) in [6.07, 6.45) is 1.24. The van der Waals surface area contributed by atoms with Gasteiger partial charge in [-0.05, 0) is 48.2 Å². The predicted molar refractivity (Wildman–Crippen MR) is 91.3 cm³/mol. The summed E-state index contributed by atoms with van der Waals surface area (Å²) in [6, 6.07) is 12.3. The molecule has 2 aromatic rings. The molecule has 2 aliphatic rings. The highest BCUT2D eigenvalue weighted by Crippen LogP contribution is 2.47. The number of hydrogen-bond acceptors (Lipinski definition) is 3. The van der Waals surface area contributed by atoms with E-state index >= 15 is 0 Å². The molecular weight excluding hydrogens is 333 g/mol. The summed E-state index contributed by atoms with van der Waals surface area (Å²) in [7, 11) is 0. The van der Waals surface area contributed by atoms with Crippen molar-refractivity contribution in [3.63, 3.8) is 0 Å². The third-order valence-corrected chi connectivity index (χ3v) is 5.68. The van der Waals surface area contributed by atoms with E-state index in [-0.39, 0.29) is 17.5 Å². The van der Waals surface area contributed by atoms with Gasteiger partial charge in [-0.25, -0.2) is 4.39 Å². The number of fused-ring (bicyclic) bond motifs is 1. The summed E-state index contributed by atoms with van der Waals surface area (Å²) in [4.78, 5) is 14.0. The second-order valence-electron chi connectivity index (χ2n) is 5.76. The third kappa shape index (κ3) is 2.77. The van der Waals surface area contributed by atoms with Crippen LogP contribution < -0.4 is 5.32 Å². The van der Waals surface area contributed by atoms with Gasteiger partial charge in [-0.15, -0.1) is 0 Å². The quantitative estimate of drug-likeness (QED) is 0.754. The van der Waals surface area contributed by atoms with Crippen molar-refractivity contribution >= 4 is 34.8 Å². The monoisotopic (exact) mass is 345 g/mol. The Morgan fingerprint density at radius 3 is 2.70 bits per heavy atom. The summed E-state index contributed by atoms with van der Waals surface area (Å²) < 4.78 is 13.4. The number of hydrogen-bond donors (Lipinski definition) is 1. The maximum absolute atomic E-state index is 13.4. The van der Waals surface area contributed by atoms with E-state index in [4.69, 9.17) is 11.6 Å². The van der Waals surface area contributed by atoms with Gasteiger partial charge in [-0.2, -0.15) is 0 Å². The molecular formula is C18H13ClFNOS. The smallest absolute Gasteiger partial charge is 0.171 e. The minimum atomic E-state index is -0.288. The molecule has 0 aromatic heterocycles. The van der Waals surface area contributed by atoms with E-state index in [0.717, 1.165) is 28.3 Å². The van der Waals surface area contributed by atoms with E-state index in [2.05, 4.69) is 5.32 Å². The van der Waals surface area contributed by atoms with E-state index in [1.807, 2.05) is 24.3 Å². The zero-order valence-corrected chi connectivity index (χ0v) is 13.7. The average Bonchev–Trinajstić information content (AvgIpc) is 2.54. The minimum absolute atomic E-state index is 0.110. The average molecular weight is 346 g/mol. The molecule has 0 saturated heterocycles. The molecule has 0 amide bonds. The highest BCUT2D eigenvalue weighted by Gasteiger charge is 2.32. The van der Waals surface area contributed by atoms with Crippen molar-refractivity contribution in [3.8, 4) is 0 Å². The zero-order chi connectivity index (χ0) is 16.0. The van der Waals surface area contributed by atoms with Gasteiger partial charge in [0.2, 0.25) is 0 Å². The highest BCUT2D eigenvalue weighted by molar-refractivity contribution is 8.04. The lowest BCUT2D eigenvalue weighted by molar-refractivity contribution is -0.115. The molecule has 2 aromatic carbocycles. The van der Waals surface area contributed by atoms with Crippen molar-refractivity contribution in [2.75, 3.05) is 5.32 Å². The van der Waals surface area contributed by atoms with Crippen LogP contribution in [0.4, 0.5) is 10.1 Å². The van der Waals surface area contributed by atoms with Gasteiger partial charge in [-0.3, -0.25) is 4.79 Å². The fourth-order valence-corrected chi connectivity index (χ4v) is 4.25. The molecule has 0 saturated carbocycles. The lowest BCUT2D eigenvalue weighted by Gasteiger charge is -2.31. The van der Waals surface area contributed by atoms with Gasteiger partial charge in [0.1, 0.15) is 5.82 Å². The Labute approximate surface area is 142 Å². The first kappa shape index (κ1) is 14.8. The van der Waals surface area contributed by atoms with E-state index in [9.17, 15) is 9.18 Å². The van der Waals surface area contributed by atoms with Crippen molar-refractivity contribution in [1.29, 1.82) is 0 Å². The Hall–Kier alpha value is -1.78. The van der Waals surface area contributed by atoms with Crippen LogP contribution >= 0.6 is 23.4 Å². The summed E-state index contributed by atoms with van der Waals surface area (Å²) in [5.74, 6) is -0.0309.